The Bertz CT molecular complexity index is 236. The van der Waals surface area contributed by atoms with Crippen molar-refractivity contribution in [2.75, 3.05) is 0 Å². The van der Waals surface area contributed by atoms with Gasteiger partial charge in [0.15, 0.2) is 0 Å². The lowest BCUT2D eigenvalue weighted by Gasteiger charge is -2.06. The molecular weight excluding hydrogens is 248 g/mol. The van der Waals surface area contributed by atoms with Crippen LogP contribution in [-0.2, 0) is 4.79 Å². The second-order valence-electron chi connectivity index (χ2n) is 5.86. The Kier molecular flexibility index (Phi) is 14.0. The van der Waals surface area contributed by atoms with Crippen LogP contribution >= 0.6 is 0 Å². The van der Waals surface area contributed by atoms with E-state index in [1.165, 1.54) is 64.2 Å². The summed E-state index contributed by atoms with van der Waals surface area (Å²) in [6.45, 7) is 5.83. The molecule has 0 aromatic heterocycles. The van der Waals surface area contributed by atoms with Crippen molar-refractivity contribution in [1.82, 2.24) is 0 Å². The largest absolute Gasteiger partial charge is 0.481 e. The molecule has 1 atom stereocenters. The summed E-state index contributed by atoms with van der Waals surface area (Å²) in [7, 11) is 0. The predicted molar refractivity (Wildman–Crippen MR) is 87.0 cm³/mol. The number of unbranched alkanes of at least 4 members (excludes halogenated alkanes) is 11. The molecule has 0 amide bonds. The van der Waals surface area contributed by atoms with Crippen molar-refractivity contribution in [1.29, 1.82) is 0 Å². The Morgan fingerprint density at radius 1 is 0.900 bits per heavy atom. The number of rotatable bonds is 15. The lowest BCUT2D eigenvalue weighted by atomic mass is 10.00. The van der Waals surface area contributed by atoms with E-state index >= 15 is 0 Å². The molecule has 0 saturated heterocycles. The summed E-state index contributed by atoms with van der Waals surface area (Å²) in [5.74, 6) is -1.08. The van der Waals surface area contributed by atoms with Gasteiger partial charge in [0.1, 0.15) is 0 Å². The van der Waals surface area contributed by atoms with Crippen molar-refractivity contribution < 1.29 is 9.90 Å². The highest BCUT2D eigenvalue weighted by atomic mass is 16.4. The first kappa shape index (κ1) is 19.2. The molecule has 0 aliphatic heterocycles. The molecule has 0 fully saturated rings. The van der Waals surface area contributed by atoms with E-state index in [2.05, 4.69) is 13.5 Å². The van der Waals surface area contributed by atoms with Gasteiger partial charge in [-0.25, -0.2) is 0 Å². The van der Waals surface area contributed by atoms with E-state index < -0.39 is 5.97 Å². The van der Waals surface area contributed by atoms with Gasteiger partial charge in [-0.3, -0.25) is 4.79 Å². The minimum atomic E-state index is -0.733. The zero-order valence-electron chi connectivity index (χ0n) is 13.4. The van der Waals surface area contributed by atoms with Gasteiger partial charge >= 0.3 is 5.97 Å². The predicted octanol–water partition coefficient (Wildman–Crippen LogP) is 5.96. The second-order valence-corrected chi connectivity index (χ2v) is 5.86. The van der Waals surface area contributed by atoms with E-state index in [1.807, 2.05) is 0 Å². The molecule has 2 heteroatoms. The van der Waals surface area contributed by atoms with Crippen molar-refractivity contribution in [3.63, 3.8) is 0 Å². The molecule has 0 aliphatic carbocycles. The summed E-state index contributed by atoms with van der Waals surface area (Å²) in [5, 5.41) is 8.88. The van der Waals surface area contributed by atoms with Crippen LogP contribution in [0, 0.1) is 5.92 Å². The van der Waals surface area contributed by atoms with E-state index in [4.69, 9.17) is 5.11 Å². The smallest absolute Gasteiger partial charge is 0.310 e. The van der Waals surface area contributed by atoms with Crippen LogP contribution < -0.4 is 0 Å². The summed E-state index contributed by atoms with van der Waals surface area (Å²) < 4.78 is 0. The summed E-state index contributed by atoms with van der Waals surface area (Å²) in [5.41, 5.74) is 0. The van der Waals surface area contributed by atoms with Crippen LogP contribution in [0.2, 0.25) is 0 Å². The maximum absolute atomic E-state index is 10.8. The Morgan fingerprint density at radius 3 is 1.65 bits per heavy atom. The van der Waals surface area contributed by atoms with E-state index in [-0.39, 0.29) is 5.92 Å². The van der Waals surface area contributed by atoms with Crippen molar-refractivity contribution in [3.05, 3.63) is 12.7 Å². The van der Waals surface area contributed by atoms with Crippen LogP contribution in [0.4, 0.5) is 0 Å². The van der Waals surface area contributed by atoms with Gasteiger partial charge in [0.2, 0.25) is 0 Å². The summed E-state index contributed by atoms with van der Waals surface area (Å²) in [4.78, 5) is 10.8. The average Bonchev–Trinajstić information content (AvgIpc) is 2.43. The highest BCUT2D eigenvalue weighted by Crippen LogP contribution is 2.15. The number of carboxylic acids is 1. The monoisotopic (exact) mass is 282 g/mol. The molecule has 1 unspecified atom stereocenters. The van der Waals surface area contributed by atoms with Crippen molar-refractivity contribution in [2.24, 2.45) is 5.92 Å². The first-order valence-electron chi connectivity index (χ1n) is 8.57. The molecule has 0 aromatic rings. The van der Waals surface area contributed by atoms with Gasteiger partial charge in [0, 0.05) is 0 Å². The van der Waals surface area contributed by atoms with Gasteiger partial charge in [-0.1, -0.05) is 90.0 Å². The lowest BCUT2D eigenvalue weighted by molar-refractivity contribution is -0.140. The number of carbonyl (C=O) groups is 1. The van der Waals surface area contributed by atoms with Crippen LogP contribution in [0.3, 0.4) is 0 Å². The molecule has 1 N–H and O–H groups in total. The molecule has 2 nitrogen and oxygen atoms in total. The zero-order valence-corrected chi connectivity index (χ0v) is 13.4. The Labute approximate surface area is 125 Å². The topological polar surface area (TPSA) is 37.3 Å². The fourth-order valence-electron chi connectivity index (χ4n) is 2.55. The Morgan fingerprint density at radius 2 is 1.30 bits per heavy atom. The van der Waals surface area contributed by atoms with Crippen LogP contribution in [0.15, 0.2) is 12.7 Å². The molecule has 0 rings (SSSR count). The number of hydrogen-bond donors (Lipinski definition) is 1. The van der Waals surface area contributed by atoms with E-state index in [0.29, 0.717) is 0 Å². The van der Waals surface area contributed by atoms with E-state index in [9.17, 15) is 4.79 Å². The van der Waals surface area contributed by atoms with Crippen LogP contribution in [0.25, 0.3) is 0 Å². The second kappa shape index (κ2) is 14.6. The first-order chi connectivity index (χ1) is 9.72. The van der Waals surface area contributed by atoms with Gasteiger partial charge in [-0.05, 0) is 6.42 Å². The SMILES string of the molecule is C=CC(CCCCCCCCCCCCCC)C(=O)O. The Hall–Kier alpha value is -0.790. The van der Waals surface area contributed by atoms with E-state index in [1.54, 1.807) is 6.08 Å². The number of hydrogen-bond acceptors (Lipinski definition) is 1. The van der Waals surface area contributed by atoms with Gasteiger partial charge in [-0.2, -0.15) is 0 Å². The highest BCUT2D eigenvalue weighted by Gasteiger charge is 2.11. The Balaban J connectivity index is 3.17. The molecule has 0 heterocycles. The minimum absolute atomic E-state index is 0.349. The summed E-state index contributed by atoms with van der Waals surface area (Å²) in [6.07, 6.45) is 18.1. The number of carboxylic acid groups (broad SMARTS) is 1. The summed E-state index contributed by atoms with van der Waals surface area (Å²) >= 11 is 0. The molecule has 0 aromatic carbocycles. The molecule has 20 heavy (non-hydrogen) atoms. The fraction of sp³-hybridized carbons (Fsp3) is 0.833. The summed E-state index contributed by atoms with van der Waals surface area (Å²) in [6, 6.07) is 0. The molecule has 0 spiro atoms. The van der Waals surface area contributed by atoms with E-state index in [0.717, 1.165) is 19.3 Å². The third kappa shape index (κ3) is 12.3. The number of aliphatic carboxylic acids is 1. The van der Waals surface area contributed by atoms with Crippen LogP contribution in [-0.4, -0.2) is 11.1 Å². The minimum Gasteiger partial charge on any atom is -0.481 e. The van der Waals surface area contributed by atoms with Crippen molar-refractivity contribution >= 4 is 5.97 Å². The first-order valence-corrected chi connectivity index (χ1v) is 8.57. The lowest BCUT2D eigenvalue weighted by Crippen LogP contribution is -2.10. The quantitative estimate of drug-likeness (QED) is 0.297. The van der Waals surface area contributed by atoms with Gasteiger partial charge < -0.3 is 5.11 Å². The molecule has 0 aliphatic rings. The average molecular weight is 282 g/mol. The van der Waals surface area contributed by atoms with Crippen molar-refractivity contribution in [2.45, 2.75) is 90.4 Å². The van der Waals surface area contributed by atoms with Crippen LogP contribution in [0.5, 0.6) is 0 Å². The highest BCUT2D eigenvalue weighted by molar-refractivity contribution is 5.71. The zero-order chi connectivity index (χ0) is 15.1. The third-order valence-corrected chi connectivity index (χ3v) is 3.97. The third-order valence-electron chi connectivity index (χ3n) is 3.97. The molecule has 118 valence electrons. The maximum Gasteiger partial charge on any atom is 0.310 e. The normalized spacial score (nSPS) is 12.2. The van der Waals surface area contributed by atoms with Gasteiger partial charge in [0.05, 0.1) is 5.92 Å². The van der Waals surface area contributed by atoms with Gasteiger partial charge in [0.25, 0.3) is 0 Å². The van der Waals surface area contributed by atoms with Crippen LogP contribution in [0.1, 0.15) is 90.4 Å². The van der Waals surface area contributed by atoms with Crippen molar-refractivity contribution in [3.8, 4) is 0 Å². The standard InChI is InChI=1S/C18H34O2/c1-3-5-6-7-8-9-10-11-12-13-14-15-16-17(4-2)18(19)20/h4,17H,2-3,5-16H2,1H3,(H,19,20). The fourth-order valence-corrected chi connectivity index (χ4v) is 2.55. The maximum atomic E-state index is 10.8. The molecule has 0 saturated carbocycles. The van der Waals surface area contributed by atoms with Gasteiger partial charge in [-0.15, -0.1) is 6.58 Å². The molecule has 0 radical (unpaired) electrons. The molecular formula is C18H34O2. The molecule has 0 bridgehead atoms.